The molecule has 1 aliphatic heterocycles. The molecule has 0 radical (unpaired) electrons. The minimum absolute atomic E-state index is 0.117. The molecule has 1 saturated heterocycles. The van der Waals surface area contributed by atoms with Crippen molar-refractivity contribution in [1.82, 2.24) is 4.90 Å². The van der Waals surface area contributed by atoms with Crippen molar-refractivity contribution in [3.8, 4) is 16.9 Å². The van der Waals surface area contributed by atoms with E-state index >= 15 is 0 Å². The van der Waals surface area contributed by atoms with Crippen LogP contribution in [0.15, 0.2) is 42.5 Å². The van der Waals surface area contributed by atoms with E-state index in [0.29, 0.717) is 11.3 Å². The molecule has 0 aromatic heterocycles. The highest BCUT2D eigenvalue weighted by Crippen LogP contribution is 2.27. The van der Waals surface area contributed by atoms with Crippen molar-refractivity contribution in [3.63, 3.8) is 0 Å². The Kier molecular flexibility index (Phi) is 5.41. The summed E-state index contributed by atoms with van der Waals surface area (Å²) in [6.45, 7) is 0.117. The number of hydrogen-bond donors (Lipinski definition) is 1. The Morgan fingerprint density at radius 3 is 2.33 bits per heavy atom. The number of carboxylic acid groups (broad SMARTS) is 1. The Hall–Kier alpha value is -2.93. The molecule has 6 nitrogen and oxygen atoms in total. The normalized spacial score (nSPS) is 19.1. The number of ether oxygens (including phenoxy) is 2. The topological polar surface area (TPSA) is 76.1 Å². The predicted octanol–water partition coefficient (Wildman–Crippen LogP) is 2.82. The number of nitrogens with zero attached hydrogens (tertiary/aromatic N) is 1. The minimum Gasteiger partial charge on any atom is -0.497 e. The predicted molar refractivity (Wildman–Crippen MR) is 96.3 cm³/mol. The van der Waals surface area contributed by atoms with Gasteiger partial charge in [0.15, 0.2) is 0 Å². The Morgan fingerprint density at radius 2 is 1.78 bits per heavy atom. The minimum atomic E-state index is -1.13. The highest BCUT2D eigenvalue weighted by Gasteiger charge is 2.40. The van der Waals surface area contributed by atoms with E-state index in [1.807, 2.05) is 0 Å². The SMILES string of the molecule is COc1ccc(-c2ccc(C(=O)N3CC(OC)CC3C(=O)O)c(F)c2)cc1. The molecule has 2 unspecified atom stereocenters. The molecule has 2 atom stereocenters. The smallest absolute Gasteiger partial charge is 0.326 e. The molecule has 0 spiro atoms. The summed E-state index contributed by atoms with van der Waals surface area (Å²) in [6.07, 6.45) is -0.194. The van der Waals surface area contributed by atoms with Crippen molar-refractivity contribution in [2.45, 2.75) is 18.6 Å². The zero-order valence-corrected chi connectivity index (χ0v) is 15.0. The van der Waals surface area contributed by atoms with Gasteiger partial charge >= 0.3 is 5.97 Å². The number of benzene rings is 2. The van der Waals surface area contributed by atoms with Crippen LogP contribution in [0.3, 0.4) is 0 Å². The van der Waals surface area contributed by atoms with Gasteiger partial charge < -0.3 is 19.5 Å². The van der Waals surface area contributed by atoms with Gasteiger partial charge in [-0.05, 0) is 35.4 Å². The Balaban J connectivity index is 1.86. The lowest BCUT2D eigenvalue weighted by molar-refractivity contribution is -0.141. The molecule has 0 bridgehead atoms. The number of halogens is 1. The van der Waals surface area contributed by atoms with E-state index in [9.17, 15) is 19.1 Å². The van der Waals surface area contributed by atoms with Crippen LogP contribution in [0.2, 0.25) is 0 Å². The first-order valence-corrected chi connectivity index (χ1v) is 8.45. The summed E-state index contributed by atoms with van der Waals surface area (Å²) < 4.78 is 24.9. The number of amides is 1. The van der Waals surface area contributed by atoms with Crippen LogP contribution >= 0.6 is 0 Å². The average molecular weight is 373 g/mol. The number of carbonyl (C=O) groups is 2. The standard InChI is InChI=1S/C20H20FNO5/c1-26-14-6-3-12(4-7-14)13-5-8-16(17(21)9-13)19(23)22-11-15(27-2)10-18(22)20(24)25/h3-9,15,18H,10-11H2,1-2H3,(H,24,25). The van der Waals surface area contributed by atoms with Gasteiger partial charge in [0.2, 0.25) is 0 Å². The van der Waals surface area contributed by atoms with E-state index in [2.05, 4.69) is 0 Å². The van der Waals surface area contributed by atoms with Crippen molar-refractivity contribution < 1.29 is 28.6 Å². The highest BCUT2D eigenvalue weighted by atomic mass is 19.1. The fourth-order valence-corrected chi connectivity index (χ4v) is 3.23. The van der Waals surface area contributed by atoms with Crippen LogP contribution in [0.1, 0.15) is 16.8 Å². The molecular formula is C20H20FNO5. The quantitative estimate of drug-likeness (QED) is 0.872. The van der Waals surface area contributed by atoms with Gasteiger partial charge in [-0.3, -0.25) is 4.79 Å². The van der Waals surface area contributed by atoms with Gasteiger partial charge in [-0.2, -0.15) is 0 Å². The van der Waals surface area contributed by atoms with Crippen LogP contribution in [0.25, 0.3) is 11.1 Å². The molecule has 7 heteroatoms. The van der Waals surface area contributed by atoms with Gasteiger partial charge in [-0.1, -0.05) is 18.2 Å². The summed E-state index contributed by atoms with van der Waals surface area (Å²) in [5.41, 5.74) is 1.23. The van der Waals surface area contributed by atoms with Gasteiger partial charge in [-0.25, -0.2) is 9.18 Å². The average Bonchev–Trinajstić information content (AvgIpc) is 3.12. The maximum Gasteiger partial charge on any atom is 0.326 e. The summed E-state index contributed by atoms with van der Waals surface area (Å²) >= 11 is 0. The van der Waals surface area contributed by atoms with Crippen molar-refractivity contribution in [3.05, 3.63) is 53.8 Å². The second-order valence-corrected chi connectivity index (χ2v) is 6.33. The third-order valence-corrected chi connectivity index (χ3v) is 4.76. The second kappa shape index (κ2) is 7.75. The largest absolute Gasteiger partial charge is 0.497 e. The zero-order valence-electron chi connectivity index (χ0n) is 15.0. The first kappa shape index (κ1) is 18.8. The molecule has 27 heavy (non-hydrogen) atoms. The molecule has 1 amide bonds. The molecule has 1 aliphatic rings. The zero-order chi connectivity index (χ0) is 19.6. The van der Waals surface area contributed by atoms with Crippen LogP contribution in [0.5, 0.6) is 5.75 Å². The van der Waals surface area contributed by atoms with Gasteiger partial charge in [0.25, 0.3) is 5.91 Å². The highest BCUT2D eigenvalue weighted by molar-refractivity contribution is 5.97. The van der Waals surface area contributed by atoms with Crippen LogP contribution < -0.4 is 4.74 Å². The van der Waals surface area contributed by atoms with E-state index in [1.165, 1.54) is 19.2 Å². The molecule has 1 heterocycles. The fourth-order valence-electron chi connectivity index (χ4n) is 3.23. The summed E-state index contributed by atoms with van der Waals surface area (Å²) in [4.78, 5) is 25.3. The summed E-state index contributed by atoms with van der Waals surface area (Å²) in [6, 6.07) is 10.4. The molecule has 1 fully saturated rings. The van der Waals surface area contributed by atoms with E-state index in [-0.39, 0.29) is 24.6 Å². The molecule has 1 N–H and O–H groups in total. The number of likely N-dealkylation sites (tertiary alicyclic amines) is 1. The molecule has 0 aliphatic carbocycles. The number of rotatable bonds is 5. The van der Waals surface area contributed by atoms with Crippen LogP contribution in [-0.4, -0.2) is 54.8 Å². The van der Waals surface area contributed by atoms with Crippen molar-refractivity contribution in [1.29, 1.82) is 0 Å². The lowest BCUT2D eigenvalue weighted by Crippen LogP contribution is -2.41. The molecule has 2 aromatic carbocycles. The first-order chi connectivity index (χ1) is 12.9. The Labute approximate surface area is 156 Å². The van der Waals surface area contributed by atoms with Crippen molar-refractivity contribution >= 4 is 11.9 Å². The van der Waals surface area contributed by atoms with Crippen LogP contribution in [-0.2, 0) is 9.53 Å². The molecule has 142 valence electrons. The number of carboxylic acids is 1. The maximum atomic E-state index is 14.6. The molecule has 0 saturated carbocycles. The van der Waals surface area contributed by atoms with Crippen molar-refractivity contribution in [2.24, 2.45) is 0 Å². The lowest BCUT2D eigenvalue weighted by Gasteiger charge is -2.21. The van der Waals surface area contributed by atoms with E-state index < -0.39 is 23.7 Å². The van der Waals surface area contributed by atoms with Gasteiger partial charge in [-0.15, -0.1) is 0 Å². The summed E-state index contributed by atoms with van der Waals surface area (Å²) in [5.74, 6) is -1.79. The van der Waals surface area contributed by atoms with Gasteiger partial charge in [0.05, 0.1) is 18.8 Å². The summed E-state index contributed by atoms with van der Waals surface area (Å²) in [7, 11) is 3.02. The van der Waals surface area contributed by atoms with Crippen LogP contribution in [0.4, 0.5) is 4.39 Å². The Morgan fingerprint density at radius 1 is 1.11 bits per heavy atom. The van der Waals surface area contributed by atoms with E-state index in [1.54, 1.807) is 37.4 Å². The van der Waals surface area contributed by atoms with Gasteiger partial charge in [0.1, 0.15) is 17.6 Å². The number of hydrogen-bond acceptors (Lipinski definition) is 4. The van der Waals surface area contributed by atoms with E-state index in [4.69, 9.17) is 9.47 Å². The number of aliphatic carboxylic acids is 1. The molecule has 3 rings (SSSR count). The third kappa shape index (κ3) is 3.78. The lowest BCUT2D eigenvalue weighted by atomic mass is 10.0. The van der Waals surface area contributed by atoms with Crippen LogP contribution in [0, 0.1) is 5.82 Å². The molecular weight excluding hydrogens is 353 g/mol. The monoisotopic (exact) mass is 373 g/mol. The van der Waals surface area contributed by atoms with Gasteiger partial charge in [0, 0.05) is 20.1 Å². The second-order valence-electron chi connectivity index (χ2n) is 6.33. The molecule has 2 aromatic rings. The Bertz CT molecular complexity index is 852. The van der Waals surface area contributed by atoms with E-state index in [0.717, 1.165) is 10.5 Å². The third-order valence-electron chi connectivity index (χ3n) is 4.76. The number of methoxy groups -OCH3 is 2. The fraction of sp³-hybridized carbons (Fsp3) is 0.300. The summed E-state index contributed by atoms with van der Waals surface area (Å²) in [5, 5.41) is 9.34. The maximum absolute atomic E-state index is 14.6. The van der Waals surface area contributed by atoms with Crippen molar-refractivity contribution in [2.75, 3.05) is 20.8 Å². The number of carbonyl (C=O) groups excluding carboxylic acids is 1. The first-order valence-electron chi connectivity index (χ1n) is 8.45.